The van der Waals surface area contributed by atoms with Crippen molar-refractivity contribution in [2.24, 2.45) is 0 Å². The standard InChI is InChI=1S/C26H33Cl2N5O5S/c1-17-13-21(27)33(37)24(28)23(17)25(35)29-7-3-18(2)30-8-4-20(5-9-30)32(14-19-6-12-39-16-19)22(34)15-31-10-11-38-26(31)36/h6,12-13,16,18,20H,3-5,7-11,14-15H2,1-2H3,(H,29,35)/t18-/m1/s1. The summed E-state index contributed by atoms with van der Waals surface area (Å²) in [7, 11) is 0. The van der Waals surface area contributed by atoms with Gasteiger partial charge in [0.05, 0.1) is 6.54 Å². The Kier molecular flexibility index (Phi) is 9.92. The second kappa shape index (κ2) is 13.2. The first kappa shape index (κ1) is 29.4. The molecule has 0 saturated carbocycles. The van der Waals surface area contributed by atoms with Crippen LogP contribution < -0.4 is 10.0 Å². The van der Waals surface area contributed by atoms with Crippen LogP contribution in [-0.4, -0.2) is 84.0 Å². The molecule has 4 heterocycles. The van der Waals surface area contributed by atoms with Gasteiger partial charge in [-0.15, -0.1) is 4.73 Å². The van der Waals surface area contributed by atoms with Gasteiger partial charge in [0.15, 0.2) is 0 Å². The summed E-state index contributed by atoms with van der Waals surface area (Å²) in [4.78, 5) is 43.6. The van der Waals surface area contributed by atoms with Gasteiger partial charge >= 0.3 is 11.2 Å². The number of nitrogens with zero attached hydrogens (tertiary/aromatic N) is 4. The molecule has 0 radical (unpaired) electrons. The van der Waals surface area contributed by atoms with Crippen LogP contribution in [0, 0.1) is 12.1 Å². The molecule has 0 spiro atoms. The number of thiophene rings is 1. The van der Waals surface area contributed by atoms with E-state index in [2.05, 4.69) is 17.1 Å². The van der Waals surface area contributed by atoms with Crippen LogP contribution in [-0.2, 0) is 16.1 Å². The number of likely N-dealkylation sites (tertiary alicyclic amines) is 1. The van der Waals surface area contributed by atoms with E-state index in [1.54, 1.807) is 18.3 Å². The lowest BCUT2D eigenvalue weighted by molar-refractivity contribution is -0.600. The number of aryl methyl sites for hydroxylation is 1. The lowest BCUT2D eigenvalue weighted by atomic mass is 10.00. The smallest absolute Gasteiger partial charge is 0.410 e. The number of carbonyl (C=O) groups excluding carboxylic acids is 3. The molecule has 10 nitrogen and oxygen atoms in total. The maximum atomic E-state index is 13.3. The molecule has 13 heteroatoms. The van der Waals surface area contributed by atoms with E-state index in [1.807, 2.05) is 21.7 Å². The highest BCUT2D eigenvalue weighted by Gasteiger charge is 2.33. The van der Waals surface area contributed by atoms with E-state index in [1.165, 1.54) is 11.0 Å². The molecular weight excluding hydrogens is 565 g/mol. The van der Waals surface area contributed by atoms with Gasteiger partial charge in [-0.05, 0) is 84.3 Å². The number of ether oxygens (including phenoxy) is 1. The molecule has 2 aliphatic heterocycles. The zero-order valence-corrected chi connectivity index (χ0v) is 24.4. The molecule has 0 bridgehead atoms. The first-order valence-electron chi connectivity index (χ1n) is 13.0. The first-order chi connectivity index (χ1) is 18.7. The molecule has 0 unspecified atom stereocenters. The van der Waals surface area contributed by atoms with Gasteiger partial charge in [-0.1, -0.05) is 0 Å². The highest BCUT2D eigenvalue weighted by atomic mass is 35.5. The van der Waals surface area contributed by atoms with Crippen molar-refractivity contribution >= 4 is 52.4 Å². The zero-order valence-electron chi connectivity index (χ0n) is 22.0. The third-order valence-corrected chi connectivity index (χ3v) is 8.71. The fraction of sp³-hybridized carbons (Fsp3) is 0.538. The summed E-state index contributed by atoms with van der Waals surface area (Å²) in [5.41, 5.74) is 1.75. The fourth-order valence-corrected chi connectivity index (χ4v) is 6.34. The topological polar surface area (TPSA) is 109 Å². The van der Waals surface area contributed by atoms with Crippen molar-refractivity contribution in [3.63, 3.8) is 0 Å². The number of hydrogen-bond donors (Lipinski definition) is 1. The summed E-state index contributed by atoms with van der Waals surface area (Å²) in [6, 6.07) is 3.73. The Bertz CT molecular complexity index is 1190. The SMILES string of the molecule is Cc1cc(Cl)[n+]([O-])c(Cl)c1C(=O)NCC[C@@H](C)N1CCC(N(Cc2ccsc2)C(=O)CN2CCOC2=O)CC1. The number of piperidine rings is 1. The highest BCUT2D eigenvalue weighted by Crippen LogP contribution is 2.23. The number of rotatable bonds is 10. The third kappa shape index (κ3) is 7.13. The predicted molar refractivity (Wildman–Crippen MR) is 149 cm³/mol. The van der Waals surface area contributed by atoms with Crippen molar-refractivity contribution in [2.75, 3.05) is 39.3 Å². The maximum Gasteiger partial charge on any atom is 0.410 e. The molecule has 2 aliphatic rings. The summed E-state index contributed by atoms with van der Waals surface area (Å²) >= 11 is 13.5. The molecule has 0 aliphatic carbocycles. The van der Waals surface area contributed by atoms with Gasteiger partial charge in [-0.2, -0.15) is 11.3 Å². The minimum absolute atomic E-state index is 0.0305. The Morgan fingerprint density at radius 2 is 2.05 bits per heavy atom. The van der Waals surface area contributed by atoms with Gasteiger partial charge in [0.25, 0.3) is 11.1 Å². The fourth-order valence-electron chi connectivity index (χ4n) is 5.07. The average Bonchev–Trinajstić information content (AvgIpc) is 3.57. The second-order valence-corrected chi connectivity index (χ2v) is 11.5. The first-order valence-corrected chi connectivity index (χ1v) is 14.7. The molecule has 39 heavy (non-hydrogen) atoms. The molecule has 1 atom stereocenters. The second-order valence-electron chi connectivity index (χ2n) is 9.96. The summed E-state index contributed by atoms with van der Waals surface area (Å²) in [6.07, 6.45) is 1.92. The van der Waals surface area contributed by atoms with Gasteiger partial charge in [-0.3, -0.25) is 14.5 Å². The van der Waals surface area contributed by atoms with Crippen LogP contribution in [0.3, 0.4) is 0 Å². The Morgan fingerprint density at radius 1 is 1.31 bits per heavy atom. The number of halogens is 2. The van der Waals surface area contributed by atoms with Gasteiger partial charge in [0.1, 0.15) is 18.7 Å². The Morgan fingerprint density at radius 3 is 2.69 bits per heavy atom. The number of amides is 3. The van der Waals surface area contributed by atoms with Crippen molar-refractivity contribution < 1.29 is 23.9 Å². The molecular formula is C26H33Cl2N5O5S. The lowest BCUT2D eigenvalue weighted by Crippen LogP contribution is -2.51. The van der Waals surface area contributed by atoms with E-state index >= 15 is 0 Å². The van der Waals surface area contributed by atoms with Crippen molar-refractivity contribution in [1.29, 1.82) is 0 Å². The van der Waals surface area contributed by atoms with Crippen molar-refractivity contribution in [2.45, 2.75) is 51.7 Å². The molecule has 0 aromatic carbocycles. The van der Waals surface area contributed by atoms with Crippen LogP contribution in [0.15, 0.2) is 22.9 Å². The number of pyridine rings is 1. The van der Waals surface area contributed by atoms with Crippen LogP contribution in [0.2, 0.25) is 10.3 Å². The van der Waals surface area contributed by atoms with Crippen LogP contribution in [0.5, 0.6) is 0 Å². The molecule has 2 aromatic heterocycles. The summed E-state index contributed by atoms with van der Waals surface area (Å²) in [6.45, 7) is 7.16. The quantitative estimate of drug-likeness (QED) is 0.255. The van der Waals surface area contributed by atoms with E-state index in [4.69, 9.17) is 27.9 Å². The van der Waals surface area contributed by atoms with Crippen molar-refractivity contribution in [3.8, 4) is 0 Å². The molecule has 2 saturated heterocycles. The van der Waals surface area contributed by atoms with Crippen LogP contribution >= 0.6 is 34.5 Å². The molecule has 2 aromatic rings. The predicted octanol–water partition coefficient (Wildman–Crippen LogP) is 3.45. The molecule has 1 N–H and O–H groups in total. The number of hydrogen-bond acceptors (Lipinski definition) is 7. The molecule has 4 rings (SSSR count). The molecule has 212 valence electrons. The zero-order chi connectivity index (χ0) is 28.1. The normalized spacial score (nSPS) is 17.2. The molecule has 3 amide bonds. The third-order valence-electron chi connectivity index (χ3n) is 7.37. The number of aromatic nitrogens is 1. The van der Waals surface area contributed by atoms with Gasteiger partial charge in [0, 0.05) is 44.3 Å². The minimum Gasteiger partial charge on any atom is -0.617 e. The number of carbonyl (C=O) groups is 3. The highest BCUT2D eigenvalue weighted by molar-refractivity contribution is 7.07. The van der Waals surface area contributed by atoms with E-state index in [9.17, 15) is 19.6 Å². The van der Waals surface area contributed by atoms with Crippen LogP contribution in [0.4, 0.5) is 4.79 Å². The number of cyclic esters (lactones) is 1. The molecule has 2 fully saturated rings. The average molecular weight is 599 g/mol. The summed E-state index contributed by atoms with van der Waals surface area (Å²) < 4.78 is 5.32. The van der Waals surface area contributed by atoms with E-state index in [0.29, 0.717) is 43.0 Å². The van der Waals surface area contributed by atoms with Gasteiger partial charge in [0.2, 0.25) is 5.91 Å². The van der Waals surface area contributed by atoms with E-state index in [-0.39, 0.29) is 40.4 Å². The van der Waals surface area contributed by atoms with Crippen molar-refractivity contribution in [1.82, 2.24) is 20.0 Å². The summed E-state index contributed by atoms with van der Waals surface area (Å²) in [5.74, 6) is -0.473. The largest absolute Gasteiger partial charge is 0.617 e. The van der Waals surface area contributed by atoms with E-state index in [0.717, 1.165) is 31.5 Å². The minimum atomic E-state index is -0.435. The van der Waals surface area contributed by atoms with Crippen molar-refractivity contribution in [3.05, 3.63) is 55.1 Å². The van der Waals surface area contributed by atoms with Crippen LogP contribution in [0.1, 0.15) is 47.7 Å². The van der Waals surface area contributed by atoms with E-state index < -0.39 is 12.0 Å². The number of nitrogens with one attached hydrogen (secondary N) is 1. The maximum absolute atomic E-state index is 13.3. The Labute approximate surface area is 242 Å². The van der Waals surface area contributed by atoms with Gasteiger partial charge in [-0.25, -0.2) is 4.79 Å². The Balaban J connectivity index is 1.29. The van der Waals surface area contributed by atoms with Crippen LogP contribution in [0.25, 0.3) is 0 Å². The summed E-state index contributed by atoms with van der Waals surface area (Å²) in [5, 5.41) is 18.5. The van der Waals surface area contributed by atoms with Gasteiger partial charge < -0.3 is 25.1 Å². The lowest BCUT2D eigenvalue weighted by Gasteiger charge is -2.41. The monoisotopic (exact) mass is 597 g/mol. The Hall–Kier alpha value is -2.60.